The van der Waals surface area contributed by atoms with Gasteiger partial charge in [0.1, 0.15) is 17.1 Å². The van der Waals surface area contributed by atoms with Gasteiger partial charge in [0.25, 0.3) is 0 Å². The van der Waals surface area contributed by atoms with Crippen LogP contribution >= 0.6 is 0 Å². The van der Waals surface area contributed by atoms with Crippen molar-refractivity contribution in [2.45, 2.75) is 60.9 Å². The zero-order valence-corrected chi connectivity index (χ0v) is 22.7. The number of nitrogens with zero attached hydrogens (tertiary/aromatic N) is 1. The summed E-state index contributed by atoms with van der Waals surface area (Å²) >= 11 is 0. The highest BCUT2D eigenvalue weighted by molar-refractivity contribution is 5.99. The van der Waals surface area contributed by atoms with Crippen LogP contribution in [0.1, 0.15) is 73.4 Å². The number of phenolic OH excluding ortho intramolecular Hbond substituents is 1. The number of carbonyl (C=O) groups is 2. The predicted octanol–water partition coefficient (Wildman–Crippen LogP) is 7.11. The van der Waals surface area contributed by atoms with Gasteiger partial charge < -0.3 is 14.7 Å². The number of phenols is 1. The van der Waals surface area contributed by atoms with Gasteiger partial charge in [0, 0.05) is 6.04 Å². The quantitative estimate of drug-likeness (QED) is 0.207. The molecule has 0 spiro atoms. The van der Waals surface area contributed by atoms with E-state index in [0.29, 0.717) is 11.6 Å². The predicted molar refractivity (Wildman–Crippen MR) is 148 cm³/mol. The molecule has 3 rings (SSSR count). The van der Waals surface area contributed by atoms with Crippen molar-refractivity contribution in [2.24, 2.45) is 0 Å². The van der Waals surface area contributed by atoms with Gasteiger partial charge in [-0.1, -0.05) is 81.8 Å². The van der Waals surface area contributed by atoms with Gasteiger partial charge in [0.2, 0.25) is 0 Å². The maximum absolute atomic E-state index is 11.9. The van der Waals surface area contributed by atoms with E-state index in [-0.39, 0.29) is 22.8 Å². The summed E-state index contributed by atoms with van der Waals surface area (Å²) < 4.78 is 5.15. The molecular weight excluding hydrogens is 450 g/mol. The van der Waals surface area contributed by atoms with E-state index in [1.54, 1.807) is 30.3 Å². The first-order valence-corrected chi connectivity index (χ1v) is 12.7. The van der Waals surface area contributed by atoms with Crippen molar-refractivity contribution in [3.63, 3.8) is 0 Å². The van der Waals surface area contributed by atoms with E-state index >= 15 is 0 Å². The number of aryl methyl sites for hydroxylation is 1. The van der Waals surface area contributed by atoms with Crippen LogP contribution in [0.25, 0.3) is 0 Å². The minimum absolute atomic E-state index is 0.0563. The molecule has 0 saturated heterocycles. The van der Waals surface area contributed by atoms with Gasteiger partial charge in [-0.15, -0.1) is 0 Å². The van der Waals surface area contributed by atoms with Crippen molar-refractivity contribution in [1.82, 2.24) is 4.90 Å². The van der Waals surface area contributed by atoms with Crippen LogP contribution in [0.4, 0.5) is 0 Å². The summed E-state index contributed by atoms with van der Waals surface area (Å²) in [4.78, 5) is 25.8. The minimum Gasteiger partial charge on any atom is -0.507 e. The minimum atomic E-state index is -0.702. The highest BCUT2D eigenvalue weighted by atomic mass is 16.5. The molecule has 0 aliphatic rings. The first-order chi connectivity index (χ1) is 17.3. The summed E-state index contributed by atoms with van der Waals surface area (Å²) in [6.45, 7) is 16.6. The molecule has 0 aliphatic heterocycles. The summed E-state index contributed by atoms with van der Waals surface area (Å²) in [6.07, 6.45) is 1.15. The van der Waals surface area contributed by atoms with Crippen LogP contribution < -0.4 is 4.74 Å². The molecule has 0 amide bonds. The van der Waals surface area contributed by atoms with Gasteiger partial charge in [0.05, 0.1) is 5.56 Å². The van der Waals surface area contributed by atoms with E-state index < -0.39 is 5.97 Å². The number of rotatable bonds is 8. The topological polar surface area (TPSA) is 66.8 Å². The molecule has 0 radical (unpaired) electrons. The van der Waals surface area contributed by atoms with Gasteiger partial charge in [-0.2, -0.15) is 0 Å². The first kappa shape index (κ1) is 30.6. The average molecular weight is 492 g/mol. The first-order valence-electron chi connectivity index (χ1n) is 12.7. The van der Waals surface area contributed by atoms with Gasteiger partial charge in [-0.05, 0) is 70.1 Å². The monoisotopic (exact) mass is 491 g/mol. The smallest absolute Gasteiger partial charge is 0.347 e. The molecule has 0 saturated carbocycles. The Hall–Kier alpha value is -3.44. The number of Topliss-reactive ketones (excluding diaryl/α,β-unsaturated/α-hetero) is 1. The highest BCUT2D eigenvalue weighted by Gasteiger charge is 2.16. The maximum Gasteiger partial charge on any atom is 0.347 e. The number of esters is 1. The van der Waals surface area contributed by atoms with E-state index in [1.165, 1.54) is 36.2 Å². The molecule has 1 unspecified atom stereocenters. The summed E-state index contributed by atoms with van der Waals surface area (Å²) in [5.74, 6) is -0.872. The summed E-state index contributed by atoms with van der Waals surface area (Å²) in [5, 5.41) is 9.57. The Balaban J connectivity index is 0.000000346. The molecule has 194 valence electrons. The number of ketones is 1. The molecule has 3 aromatic carbocycles. The standard InChI is InChI=1S/C15H12O4.C14H23N.C2H6/c1-10(16)11-6-3-5-9-14(11)19-15(18)12-7-2-4-8-13(12)17;1-5-15(6-2)13(4)11-14-9-7-12(3)8-10-14;1-2/h2-9,17H,1H3;7-10,13H,5-6,11H2,1-4H3;1-2H3. The number of benzene rings is 3. The molecule has 0 aliphatic carbocycles. The fourth-order valence-electron chi connectivity index (χ4n) is 3.69. The zero-order valence-electron chi connectivity index (χ0n) is 22.7. The molecule has 0 bridgehead atoms. The SMILES string of the molecule is CC.CC(=O)c1ccccc1OC(=O)c1ccccc1O.CCN(CC)C(C)Cc1ccc(C)cc1. The van der Waals surface area contributed by atoms with Crippen molar-refractivity contribution in [3.8, 4) is 11.5 Å². The van der Waals surface area contributed by atoms with E-state index in [4.69, 9.17) is 4.74 Å². The van der Waals surface area contributed by atoms with Crippen LogP contribution in [0.2, 0.25) is 0 Å². The Kier molecular flexibility index (Phi) is 13.8. The fraction of sp³-hybridized carbons (Fsp3) is 0.355. The van der Waals surface area contributed by atoms with Crippen molar-refractivity contribution in [1.29, 1.82) is 0 Å². The van der Waals surface area contributed by atoms with Crippen LogP contribution in [-0.4, -0.2) is 40.9 Å². The summed E-state index contributed by atoms with van der Waals surface area (Å²) in [5.41, 5.74) is 3.17. The Morgan fingerprint density at radius 1 is 0.861 bits per heavy atom. The molecule has 3 aromatic rings. The molecule has 0 heterocycles. The number of hydrogen-bond donors (Lipinski definition) is 1. The number of likely N-dealkylation sites (N-methyl/N-ethyl adjacent to an activating group) is 1. The van der Waals surface area contributed by atoms with Crippen LogP contribution in [-0.2, 0) is 6.42 Å². The van der Waals surface area contributed by atoms with Crippen molar-refractivity contribution in [2.75, 3.05) is 13.1 Å². The van der Waals surface area contributed by atoms with Crippen molar-refractivity contribution in [3.05, 3.63) is 95.1 Å². The van der Waals surface area contributed by atoms with Crippen LogP contribution in [0.15, 0.2) is 72.8 Å². The van der Waals surface area contributed by atoms with Crippen LogP contribution in [0, 0.1) is 6.92 Å². The molecule has 1 atom stereocenters. The number of para-hydroxylation sites is 2. The van der Waals surface area contributed by atoms with Crippen LogP contribution in [0.3, 0.4) is 0 Å². The lowest BCUT2D eigenvalue weighted by atomic mass is 10.0. The van der Waals surface area contributed by atoms with Crippen LogP contribution in [0.5, 0.6) is 11.5 Å². The number of carbonyl (C=O) groups excluding carboxylic acids is 2. The second kappa shape index (κ2) is 16.3. The molecule has 0 fully saturated rings. The Morgan fingerprint density at radius 2 is 1.39 bits per heavy atom. The number of ether oxygens (including phenoxy) is 1. The Morgan fingerprint density at radius 3 is 1.92 bits per heavy atom. The number of hydrogen-bond acceptors (Lipinski definition) is 5. The third-order valence-corrected chi connectivity index (χ3v) is 5.68. The zero-order chi connectivity index (χ0) is 27.1. The van der Waals surface area contributed by atoms with E-state index in [0.717, 1.165) is 19.5 Å². The molecular formula is C31H41NO4. The normalized spacial score (nSPS) is 10.9. The maximum atomic E-state index is 11.9. The summed E-state index contributed by atoms with van der Waals surface area (Å²) in [7, 11) is 0. The molecule has 5 heteroatoms. The fourth-order valence-corrected chi connectivity index (χ4v) is 3.69. The van der Waals surface area contributed by atoms with Crippen molar-refractivity contribution < 1.29 is 19.4 Å². The Labute approximate surface area is 216 Å². The second-order valence-electron chi connectivity index (χ2n) is 8.22. The molecule has 1 N–H and O–H groups in total. The van der Waals surface area contributed by atoms with E-state index in [1.807, 2.05) is 13.8 Å². The Bertz CT molecular complexity index is 1070. The molecule has 36 heavy (non-hydrogen) atoms. The lowest BCUT2D eigenvalue weighted by molar-refractivity contribution is 0.0730. The lowest BCUT2D eigenvalue weighted by Crippen LogP contribution is -2.34. The third-order valence-electron chi connectivity index (χ3n) is 5.68. The second-order valence-corrected chi connectivity index (χ2v) is 8.22. The van der Waals surface area contributed by atoms with Gasteiger partial charge in [-0.25, -0.2) is 4.79 Å². The van der Waals surface area contributed by atoms with E-state index in [2.05, 4.69) is 56.9 Å². The van der Waals surface area contributed by atoms with E-state index in [9.17, 15) is 14.7 Å². The van der Waals surface area contributed by atoms with Crippen molar-refractivity contribution >= 4 is 11.8 Å². The summed E-state index contributed by atoms with van der Waals surface area (Å²) in [6, 6.07) is 22.1. The van der Waals surface area contributed by atoms with Gasteiger partial charge in [0.15, 0.2) is 5.78 Å². The number of aromatic hydroxyl groups is 1. The largest absolute Gasteiger partial charge is 0.507 e. The molecule has 5 nitrogen and oxygen atoms in total. The average Bonchev–Trinajstić information content (AvgIpc) is 2.88. The molecule has 0 aromatic heterocycles. The lowest BCUT2D eigenvalue weighted by Gasteiger charge is -2.26. The van der Waals surface area contributed by atoms with Gasteiger partial charge in [-0.3, -0.25) is 4.79 Å². The van der Waals surface area contributed by atoms with Gasteiger partial charge >= 0.3 is 5.97 Å². The highest BCUT2D eigenvalue weighted by Crippen LogP contribution is 2.22. The third kappa shape index (κ3) is 9.67.